The van der Waals surface area contributed by atoms with Crippen molar-refractivity contribution >= 4 is 33.2 Å². The molecule has 0 radical (unpaired) electrons. The van der Waals surface area contributed by atoms with Crippen LogP contribution in [0.1, 0.15) is 0 Å². The number of ether oxygens (including phenoxy) is 2. The van der Waals surface area contributed by atoms with Gasteiger partial charge in [-0.2, -0.15) is 4.31 Å². The van der Waals surface area contributed by atoms with E-state index in [2.05, 4.69) is 0 Å². The molecule has 2 aromatic carbocycles. The number of carbonyl (C=O) groups excluding carboxylic acids is 1. The van der Waals surface area contributed by atoms with E-state index in [4.69, 9.17) is 21.1 Å². The first-order valence-corrected chi connectivity index (χ1v) is 11.6. The molecular formula is C21H26ClN3O5S. The number of nitrogens with zero attached hydrogens (tertiary/aromatic N) is 3. The monoisotopic (exact) mass is 467 g/mol. The van der Waals surface area contributed by atoms with Gasteiger partial charge in [-0.05, 0) is 24.3 Å². The Kier molecular flexibility index (Phi) is 7.30. The Labute approximate surface area is 187 Å². The molecule has 0 atom stereocenters. The molecule has 0 saturated carbocycles. The smallest absolute Gasteiger partial charge is 0.244 e. The molecule has 168 valence electrons. The van der Waals surface area contributed by atoms with E-state index in [0.717, 1.165) is 5.69 Å². The topological polar surface area (TPSA) is 79.4 Å². The van der Waals surface area contributed by atoms with E-state index in [1.165, 1.54) is 10.4 Å². The first-order valence-electron chi connectivity index (χ1n) is 9.73. The van der Waals surface area contributed by atoms with Gasteiger partial charge < -0.3 is 19.3 Å². The fourth-order valence-corrected chi connectivity index (χ4v) is 5.34. The molecule has 10 heteroatoms. The maximum atomic E-state index is 12.9. The number of halogens is 1. The zero-order valence-corrected chi connectivity index (χ0v) is 19.3. The number of carbonyl (C=O) groups is 1. The Morgan fingerprint density at radius 3 is 2.29 bits per heavy atom. The summed E-state index contributed by atoms with van der Waals surface area (Å²) in [5.41, 5.74) is 0.811. The molecule has 1 saturated heterocycles. The summed E-state index contributed by atoms with van der Waals surface area (Å²) in [6, 6.07) is 11.8. The van der Waals surface area contributed by atoms with Crippen LogP contribution in [-0.2, 0) is 14.8 Å². The molecular weight excluding hydrogens is 442 g/mol. The van der Waals surface area contributed by atoms with E-state index in [1.54, 1.807) is 49.5 Å². The van der Waals surface area contributed by atoms with Gasteiger partial charge in [0.1, 0.15) is 4.90 Å². The Morgan fingerprint density at radius 2 is 1.68 bits per heavy atom. The zero-order chi connectivity index (χ0) is 22.6. The maximum Gasteiger partial charge on any atom is 0.244 e. The van der Waals surface area contributed by atoms with Gasteiger partial charge in [-0.1, -0.05) is 23.7 Å². The van der Waals surface area contributed by atoms with Crippen LogP contribution >= 0.6 is 11.6 Å². The number of hydrogen-bond donors (Lipinski definition) is 0. The standard InChI is InChI=1S/C21H26ClN3O5S/c1-23(16-8-9-18(29-2)19(14-16)30-3)15-21(26)24-10-12-25(13-11-24)31(27,28)20-7-5-4-6-17(20)22/h4-9,14H,10-13,15H2,1-3H3. The average Bonchev–Trinajstić information content (AvgIpc) is 2.78. The second-order valence-electron chi connectivity index (χ2n) is 7.11. The minimum atomic E-state index is -3.69. The fourth-order valence-electron chi connectivity index (χ4n) is 3.43. The SMILES string of the molecule is COc1ccc(N(C)CC(=O)N2CCN(S(=O)(=O)c3ccccc3Cl)CC2)cc1OC. The van der Waals surface area contributed by atoms with Gasteiger partial charge in [-0.15, -0.1) is 0 Å². The van der Waals surface area contributed by atoms with Crippen molar-refractivity contribution in [1.82, 2.24) is 9.21 Å². The van der Waals surface area contributed by atoms with E-state index in [-0.39, 0.29) is 35.5 Å². The van der Waals surface area contributed by atoms with Crippen molar-refractivity contribution in [2.24, 2.45) is 0 Å². The Morgan fingerprint density at radius 1 is 1.03 bits per heavy atom. The van der Waals surface area contributed by atoms with Crippen LogP contribution in [0.2, 0.25) is 5.02 Å². The quantitative estimate of drug-likeness (QED) is 0.621. The Hall–Kier alpha value is -2.49. The number of rotatable bonds is 7. The number of piperazine rings is 1. The molecule has 31 heavy (non-hydrogen) atoms. The molecule has 8 nitrogen and oxygen atoms in total. The fraction of sp³-hybridized carbons (Fsp3) is 0.381. The van der Waals surface area contributed by atoms with Gasteiger partial charge in [0.05, 0.1) is 25.8 Å². The van der Waals surface area contributed by atoms with E-state index in [9.17, 15) is 13.2 Å². The van der Waals surface area contributed by atoms with Crippen LogP contribution < -0.4 is 14.4 Å². The summed E-state index contributed by atoms with van der Waals surface area (Å²) in [5.74, 6) is 1.12. The zero-order valence-electron chi connectivity index (χ0n) is 17.7. The summed E-state index contributed by atoms with van der Waals surface area (Å²) in [4.78, 5) is 16.4. The number of anilines is 1. The van der Waals surface area contributed by atoms with Gasteiger partial charge >= 0.3 is 0 Å². The second-order valence-corrected chi connectivity index (χ2v) is 9.42. The van der Waals surface area contributed by atoms with Crippen LogP contribution in [-0.4, -0.2) is 77.5 Å². The molecule has 3 rings (SSSR count). The Bertz CT molecular complexity index is 1040. The predicted molar refractivity (Wildman–Crippen MR) is 120 cm³/mol. The average molecular weight is 468 g/mol. The van der Waals surface area contributed by atoms with Crippen molar-refractivity contribution < 1.29 is 22.7 Å². The number of benzene rings is 2. The van der Waals surface area contributed by atoms with Crippen LogP contribution in [0.5, 0.6) is 11.5 Å². The molecule has 0 spiro atoms. The molecule has 0 aromatic heterocycles. The molecule has 2 aromatic rings. The van der Waals surface area contributed by atoms with Crippen LogP contribution in [0, 0.1) is 0 Å². The lowest BCUT2D eigenvalue weighted by Crippen LogP contribution is -2.52. The second kappa shape index (κ2) is 9.76. The van der Waals surface area contributed by atoms with E-state index in [1.807, 2.05) is 18.0 Å². The summed E-state index contributed by atoms with van der Waals surface area (Å²) in [5, 5.41) is 0.192. The summed E-state index contributed by atoms with van der Waals surface area (Å²) in [6.45, 7) is 1.25. The number of sulfonamides is 1. The number of hydrogen-bond acceptors (Lipinski definition) is 6. The van der Waals surface area contributed by atoms with Crippen molar-refractivity contribution in [1.29, 1.82) is 0 Å². The molecule has 1 heterocycles. The number of likely N-dealkylation sites (N-methyl/N-ethyl adjacent to an activating group) is 1. The van der Waals surface area contributed by atoms with Gasteiger partial charge in [-0.25, -0.2) is 8.42 Å². The highest BCUT2D eigenvalue weighted by Crippen LogP contribution is 2.31. The molecule has 0 aliphatic carbocycles. The summed E-state index contributed by atoms with van der Waals surface area (Å²) < 4.78 is 37.7. The highest BCUT2D eigenvalue weighted by molar-refractivity contribution is 7.89. The van der Waals surface area contributed by atoms with Gasteiger partial charge in [0.25, 0.3) is 0 Å². The molecule has 1 amide bonds. The van der Waals surface area contributed by atoms with Crippen LogP contribution in [0.15, 0.2) is 47.4 Å². The third kappa shape index (κ3) is 5.06. The maximum absolute atomic E-state index is 12.9. The van der Waals surface area contributed by atoms with Crippen molar-refractivity contribution in [2.45, 2.75) is 4.90 Å². The molecule has 0 unspecified atom stereocenters. The summed E-state index contributed by atoms with van der Waals surface area (Å²) >= 11 is 6.07. The molecule has 0 N–H and O–H groups in total. The molecule has 1 aliphatic heterocycles. The van der Waals surface area contributed by atoms with Gasteiger partial charge in [0.2, 0.25) is 15.9 Å². The van der Waals surface area contributed by atoms with Crippen LogP contribution in [0.3, 0.4) is 0 Å². The van der Waals surface area contributed by atoms with Crippen LogP contribution in [0.25, 0.3) is 0 Å². The Balaban J connectivity index is 1.61. The van der Waals surface area contributed by atoms with Crippen molar-refractivity contribution in [3.8, 4) is 11.5 Å². The third-order valence-electron chi connectivity index (χ3n) is 5.23. The van der Waals surface area contributed by atoms with Gasteiger partial charge in [0, 0.05) is 45.0 Å². The van der Waals surface area contributed by atoms with Crippen LogP contribution in [0.4, 0.5) is 5.69 Å². The van der Waals surface area contributed by atoms with E-state index < -0.39 is 10.0 Å². The molecule has 1 fully saturated rings. The molecule has 1 aliphatic rings. The summed E-state index contributed by atoms with van der Waals surface area (Å²) in [6.07, 6.45) is 0. The predicted octanol–water partition coefficient (Wildman–Crippen LogP) is 2.33. The summed E-state index contributed by atoms with van der Waals surface area (Å²) in [7, 11) is 1.25. The van der Waals surface area contributed by atoms with Crippen molar-refractivity contribution in [3.63, 3.8) is 0 Å². The van der Waals surface area contributed by atoms with Gasteiger partial charge in [0.15, 0.2) is 11.5 Å². The minimum Gasteiger partial charge on any atom is -0.493 e. The molecule has 0 bridgehead atoms. The van der Waals surface area contributed by atoms with Gasteiger partial charge in [-0.3, -0.25) is 4.79 Å². The normalized spacial score (nSPS) is 14.9. The lowest BCUT2D eigenvalue weighted by Gasteiger charge is -2.35. The lowest BCUT2D eigenvalue weighted by molar-refractivity contribution is -0.130. The first kappa shape index (κ1) is 23.2. The first-order chi connectivity index (χ1) is 14.8. The van der Waals surface area contributed by atoms with Crippen molar-refractivity contribution in [2.75, 3.05) is 58.9 Å². The lowest BCUT2D eigenvalue weighted by atomic mass is 10.2. The highest BCUT2D eigenvalue weighted by atomic mass is 35.5. The number of methoxy groups -OCH3 is 2. The van der Waals surface area contributed by atoms with E-state index >= 15 is 0 Å². The third-order valence-corrected chi connectivity index (χ3v) is 7.62. The van der Waals surface area contributed by atoms with Crippen molar-refractivity contribution in [3.05, 3.63) is 47.5 Å². The minimum absolute atomic E-state index is 0.0768. The number of amides is 1. The largest absolute Gasteiger partial charge is 0.493 e. The van der Waals surface area contributed by atoms with E-state index in [0.29, 0.717) is 24.6 Å². The highest BCUT2D eigenvalue weighted by Gasteiger charge is 2.31.